The van der Waals surface area contributed by atoms with E-state index < -0.39 is 0 Å². The Morgan fingerprint density at radius 1 is 0.607 bits per heavy atom. The van der Waals surface area contributed by atoms with Gasteiger partial charge in [-0.25, -0.2) is 9.97 Å². The highest BCUT2D eigenvalue weighted by Crippen LogP contribution is 2.07. The molecule has 0 N–H and O–H groups in total. The number of hydrogen-bond acceptors (Lipinski definition) is 4. The van der Waals surface area contributed by atoms with Crippen LogP contribution in [-0.4, -0.2) is 24.2 Å². The molecule has 0 amide bonds. The SMILES string of the molecule is COCc1cccc(C#Cc2ccccc2C#Cc2cccc(COC)n2)n1. The van der Waals surface area contributed by atoms with Crippen molar-refractivity contribution in [2.24, 2.45) is 0 Å². The molecule has 0 bridgehead atoms. The number of rotatable bonds is 4. The number of methoxy groups -OCH3 is 2. The highest BCUT2D eigenvalue weighted by molar-refractivity contribution is 5.53. The summed E-state index contributed by atoms with van der Waals surface area (Å²) in [4.78, 5) is 8.94. The summed E-state index contributed by atoms with van der Waals surface area (Å²) < 4.78 is 10.2. The van der Waals surface area contributed by atoms with Gasteiger partial charge in [-0.2, -0.15) is 0 Å². The van der Waals surface area contributed by atoms with Crippen molar-refractivity contribution in [2.45, 2.75) is 13.2 Å². The maximum atomic E-state index is 5.12. The second kappa shape index (κ2) is 10.0. The van der Waals surface area contributed by atoms with Crippen molar-refractivity contribution >= 4 is 0 Å². The van der Waals surface area contributed by atoms with Crippen molar-refractivity contribution in [1.82, 2.24) is 9.97 Å². The molecule has 1 aromatic carbocycles. The van der Waals surface area contributed by atoms with Crippen LogP contribution in [0.4, 0.5) is 0 Å². The number of pyridine rings is 2. The molecule has 3 aromatic rings. The van der Waals surface area contributed by atoms with Crippen LogP contribution >= 0.6 is 0 Å². The third-order valence-corrected chi connectivity index (χ3v) is 3.78. The number of ether oxygens (including phenoxy) is 2. The van der Waals surface area contributed by atoms with E-state index in [4.69, 9.17) is 9.47 Å². The first-order chi connectivity index (χ1) is 13.8. The van der Waals surface area contributed by atoms with Gasteiger partial charge in [0.25, 0.3) is 0 Å². The molecule has 0 saturated carbocycles. The van der Waals surface area contributed by atoms with E-state index in [1.807, 2.05) is 60.7 Å². The smallest absolute Gasteiger partial charge is 0.113 e. The Labute approximate surface area is 165 Å². The fraction of sp³-hybridized carbons (Fsp3) is 0.167. The van der Waals surface area contributed by atoms with Gasteiger partial charge in [0.1, 0.15) is 11.4 Å². The van der Waals surface area contributed by atoms with E-state index in [-0.39, 0.29) is 0 Å². The van der Waals surface area contributed by atoms with E-state index in [0.717, 1.165) is 22.5 Å². The van der Waals surface area contributed by atoms with E-state index in [0.29, 0.717) is 24.6 Å². The average Bonchev–Trinajstić information content (AvgIpc) is 2.72. The second-order valence-corrected chi connectivity index (χ2v) is 5.94. The summed E-state index contributed by atoms with van der Waals surface area (Å²) in [5.41, 5.74) is 4.80. The number of nitrogens with zero attached hydrogens (tertiary/aromatic N) is 2. The molecular weight excluding hydrogens is 348 g/mol. The van der Waals surface area contributed by atoms with Crippen molar-refractivity contribution in [3.05, 3.63) is 94.6 Å². The van der Waals surface area contributed by atoms with Gasteiger partial charge in [0.15, 0.2) is 0 Å². The van der Waals surface area contributed by atoms with Crippen LogP contribution in [0.5, 0.6) is 0 Å². The molecular formula is C24H20N2O2. The van der Waals surface area contributed by atoms with Crippen LogP contribution in [0.2, 0.25) is 0 Å². The molecule has 4 nitrogen and oxygen atoms in total. The minimum absolute atomic E-state index is 0.465. The Morgan fingerprint density at radius 2 is 1.07 bits per heavy atom. The Balaban J connectivity index is 1.86. The molecule has 138 valence electrons. The van der Waals surface area contributed by atoms with Crippen molar-refractivity contribution in [2.75, 3.05) is 14.2 Å². The summed E-state index contributed by atoms with van der Waals surface area (Å²) in [6.07, 6.45) is 0. The minimum Gasteiger partial charge on any atom is -0.378 e. The van der Waals surface area contributed by atoms with Gasteiger partial charge in [-0.05, 0) is 48.2 Å². The summed E-state index contributed by atoms with van der Waals surface area (Å²) in [6, 6.07) is 19.2. The molecule has 0 radical (unpaired) electrons. The maximum Gasteiger partial charge on any atom is 0.113 e. The summed E-state index contributed by atoms with van der Waals surface area (Å²) in [5.74, 6) is 12.6. The zero-order valence-corrected chi connectivity index (χ0v) is 15.9. The van der Waals surface area contributed by atoms with Gasteiger partial charge >= 0.3 is 0 Å². The first-order valence-electron chi connectivity index (χ1n) is 8.81. The van der Waals surface area contributed by atoms with Crippen LogP contribution < -0.4 is 0 Å². The summed E-state index contributed by atoms with van der Waals surface area (Å²) >= 11 is 0. The number of benzene rings is 1. The third kappa shape index (κ3) is 5.53. The quantitative estimate of drug-likeness (QED) is 0.661. The van der Waals surface area contributed by atoms with Gasteiger partial charge in [-0.1, -0.05) is 36.1 Å². The molecule has 2 aromatic heterocycles. The lowest BCUT2D eigenvalue weighted by Gasteiger charge is -1.99. The molecule has 0 saturated heterocycles. The highest BCUT2D eigenvalue weighted by Gasteiger charge is 1.98. The lowest BCUT2D eigenvalue weighted by atomic mass is 10.1. The summed E-state index contributed by atoms with van der Waals surface area (Å²) in [5, 5.41) is 0. The predicted molar refractivity (Wildman–Crippen MR) is 108 cm³/mol. The van der Waals surface area contributed by atoms with Crippen molar-refractivity contribution < 1.29 is 9.47 Å². The van der Waals surface area contributed by atoms with E-state index >= 15 is 0 Å². The van der Waals surface area contributed by atoms with E-state index in [1.54, 1.807) is 14.2 Å². The van der Waals surface area contributed by atoms with Gasteiger partial charge in [0, 0.05) is 25.3 Å². The average molecular weight is 368 g/mol. The maximum absolute atomic E-state index is 5.12. The van der Waals surface area contributed by atoms with Crippen molar-refractivity contribution in [3.63, 3.8) is 0 Å². The molecule has 0 fully saturated rings. The molecule has 0 unspecified atom stereocenters. The second-order valence-electron chi connectivity index (χ2n) is 5.94. The molecule has 3 rings (SSSR count). The number of aromatic nitrogens is 2. The molecule has 0 aliphatic rings. The van der Waals surface area contributed by atoms with Gasteiger partial charge in [-0.15, -0.1) is 0 Å². The lowest BCUT2D eigenvalue weighted by molar-refractivity contribution is 0.181. The van der Waals surface area contributed by atoms with Crippen molar-refractivity contribution in [3.8, 4) is 23.7 Å². The molecule has 0 aliphatic heterocycles. The summed E-state index contributed by atoms with van der Waals surface area (Å²) in [6.45, 7) is 0.930. The first kappa shape index (κ1) is 19.3. The van der Waals surface area contributed by atoms with E-state index in [1.165, 1.54) is 0 Å². The monoisotopic (exact) mass is 368 g/mol. The van der Waals surface area contributed by atoms with Gasteiger partial charge < -0.3 is 9.47 Å². The van der Waals surface area contributed by atoms with Crippen LogP contribution in [0.1, 0.15) is 33.9 Å². The lowest BCUT2D eigenvalue weighted by Crippen LogP contribution is -1.94. The Kier molecular flexibility index (Phi) is 6.93. The highest BCUT2D eigenvalue weighted by atomic mass is 16.5. The number of hydrogen-bond donors (Lipinski definition) is 0. The van der Waals surface area contributed by atoms with Gasteiger partial charge in [0.05, 0.1) is 24.6 Å². The van der Waals surface area contributed by atoms with Gasteiger partial charge in [-0.3, -0.25) is 0 Å². The Morgan fingerprint density at radius 3 is 1.50 bits per heavy atom. The minimum atomic E-state index is 0.465. The zero-order chi connectivity index (χ0) is 19.6. The van der Waals surface area contributed by atoms with Crippen LogP contribution in [0.15, 0.2) is 60.7 Å². The third-order valence-electron chi connectivity index (χ3n) is 3.78. The largest absolute Gasteiger partial charge is 0.378 e. The van der Waals surface area contributed by atoms with Crippen LogP contribution in [-0.2, 0) is 22.7 Å². The van der Waals surface area contributed by atoms with Gasteiger partial charge in [0.2, 0.25) is 0 Å². The molecule has 2 heterocycles. The zero-order valence-electron chi connectivity index (χ0n) is 15.9. The molecule has 0 aliphatic carbocycles. The van der Waals surface area contributed by atoms with Crippen LogP contribution in [0.25, 0.3) is 0 Å². The fourth-order valence-corrected chi connectivity index (χ4v) is 2.52. The van der Waals surface area contributed by atoms with E-state index in [9.17, 15) is 0 Å². The molecule has 28 heavy (non-hydrogen) atoms. The molecule has 0 spiro atoms. The van der Waals surface area contributed by atoms with Crippen molar-refractivity contribution in [1.29, 1.82) is 0 Å². The topological polar surface area (TPSA) is 44.2 Å². The van der Waals surface area contributed by atoms with E-state index in [2.05, 4.69) is 33.6 Å². The first-order valence-corrected chi connectivity index (χ1v) is 8.81. The molecule has 4 heteroatoms. The normalized spacial score (nSPS) is 9.79. The standard InChI is InChI=1S/C24H20N2O2/c1-27-17-23-11-5-9-21(25-23)15-13-19-7-3-4-8-20(19)14-16-22-10-6-12-24(26-22)18-28-2/h3-12H,17-18H2,1-2H3. The predicted octanol–water partition coefficient (Wildman–Crippen LogP) is 3.57. The summed E-state index contributed by atoms with van der Waals surface area (Å²) in [7, 11) is 3.30. The Hall–Kier alpha value is -3.44. The van der Waals surface area contributed by atoms with Crippen LogP contribution in [0.3, 0.4) is 0 Å². The van der Waals surface area contributed by atoms with Crippen LogP contribution in [0, 0.1) is 23.7 Å². The Bertz CT molecular complexity index is 982. The fourth-order valence-electron chi connectivity index (χ4n) is 2.52. The molecule has 0 atom stereocenters.